The third-order valence-electron chi connectivity index (χ3n) is 1.81. The minimum atomic E-state index is 0.821. The number of rotatable bonds is 4. The predicted molar refractivity (Wildman–Crippen MR) is 60.9 cm³/mol. The van der Waals surface area contributed by atoms with Crippen molar-refractivity contribution in [2.75, 3.05) is 5.32 Å². The molecule has 2 heterocycles. The lowest BCUT2D eigenvalue weighted by atomic mass is 10.4. The highest BCUT2D eigenvalue weighted by Gasteiger charge is 2.00. The number of nitrogens with one attached hydrogen (secondary N) is 1. The molecule has 0 fully saturated rings. The second-order valence-corrected chi connectivity index (χ2v) is 4.65. The SMILES string of the molecule is CCc1csc(NCc2cncs2)n1. The van der Waals surface area contributed by atoms with Crippen LogP contribution in [0.4, 0.5) is 5.13 Å². The molecule has 0 saturated heterocycles. The Kier molecular flexibility index (Phi) is 3.10. The van der Waals surface area contributed by atoms with Crippen molar-refractivity contribution in [3.05, 3.63) is 27.7 Å². The van der Waals surface area contributed by atoms with Gasteiger partial charge in [-0.05, 0) is 6.42 Å². The van der Waals surface area contributed by atoms with Crippen LogP contribution in [0.3, 0.4) is 0 Å². The normalized spacial score (nSPS) is 10.4. The van der Waals surface area contributed by atoms with E-state index < -0.39 is 0 Å². The van der Waals surface area contributed by atoms with E-state index in [2.05, 4.69) is 27.6 Å². The van der Waals surface area contributed by atoms with Crippen LogP contribution >= 0.6 is 22.7 Å². The van der Waals surface area contributed by atoms with Crippen molar-refractivity contribution in [1.82, 2.24) is 9.97 Å². The fourth-order valence-corrected chi connectivity index (χ4v) is 2.37. The third kappa shape index (κ3) is 2.30. The fraction of sp³-hybridized carbons (Fsp3) is 0.333. The molecule has 0 atom stereocenters. The number of hydrogen-bond acceptors (Lipinski definition) is 5. The van der Waals surface area contributed by atoms with Gasteiger partial charge in [0.05, 0.1) is 17.7 Å². The van der Waals surface area contributed by atoms with E-state index in [0.717, 1.165) is 23.8 Å². The van der Waals surface area contributed by atoms with Gasteiger partial charge < -0.3 is 5.32 Å². The van der Waals surface area contributed by atoms with Gasteiger partial charge in [0, 0.05) is 16.5 Å². The molecule has 0 unspecified atom stereocenters. The molecule has 2 aromatic heterocycles. The Morgan fingerprint density at radius 2 is 2.36 bits per heavy atom. The molecule has 2 rings (SSSR count). The van der Waals surface area contributed by atoms with E-state index in [-0.39, 0.29) is 0 Å². The van der Waals surface area contributed by atoms with Gasteiger partial charge in [-0.3, -0.25) is 4.98 Å². The molecule has 14 heavy (non-hydrogen) atoms. The zero-order valence-corrected chi connectivity index (χ0v) is 9.49. The highest BCUT2D eigenvalue weighted by molar-refractivity contribution is 7.13. The highest BCUT2D eigenvalue weighted by atomic mass is 32.1. The summed E-state index contributed by atoms with van der Waals surface area (Å²) >= 11 is 3.32. The predicted octanol–water partition coefficient (Wildman–Crippen LogP) is 2.77. The van der Waals surface area contributed by atoms with Crippen molar-refractivity contribution in [3.8, 4) is 0 Å². The van der Waals surface area contributed by atoms with Gasteiger partial charge in [0.1, 0.15) is 0 Å². The maximum atomic E-state index is 4.42. The van der Waals surface area contributed by atoms with Gasteiger partial charge in [0.2, 0.25) is 0 Å². The lowest BCUT2D eigenvalue weighted by Crippen LogP contribution is -1.96. The van der Waals surface area contributed by atoms with Gasteiger partial charge in [-0.15, -0.1) is 22.7 Å². The first kappa shape index (κ1) is 9.61. The molecule has 0 aliphatic rings. The van der Waals surface area contributed by atoms with Crippen LogP contribution < -0.4 is 5.32 Å². The van der Waals surface area contributed by atoms with Crippen molar-refractivity contribution < 1.29 is 0 Å². The van der Waals surface area contributed by atoms with Crippen LogP contribution in [0.2, 0.25) is 0 Å². The Morgan fingerprint density at radius 3 is 3.00 bits per heavy atom. The van der Waals surface area contributed by atoms with Crippen molar-refractivity contribution >= 4 is 27.8 Å². The lowest BCUT2D eigenvalue weighted by Gasteiger charge is -1.97. The quantitative estimate of drug-likeness (QED) is 0.869. The van der Waals surface area contributed by atoms with E-state index in [9.17, 15) is 0 Å². The zero-order chi connectivity index (χ0) is 9.80. The van der Waals surface area contributed by atoms with E-state index in [0.29, 0.717) is 0 Å². The summed E-state index contributed by atoms with van der Waals surface area (Å²) in [4.78, 5) is 9.67. The van der Waals surface area contributed by atoms with E-state index in [1.165, 1.54) is 4.88 Å². The van der Waals surface area contributed by atoms with E-state index in [4.69, 9.17) is 0 Å². The van der Waals surface area contributed by atoms with Crippen LogP contribution in [0.1, 0.15) is 17.5 Å². The molecule has 0 aliphatic heterocycles. The highest BCUT2D eigenvalue weighted by Crippen LogP contribution is 2.17. The summed E-state index contributed by atoms with van der Waals surface area (Å²) in [5, 5.41) is 6.37. The summed E-state index contributed by atoms with van der Waals surface area (Å²) in [5.41, 5.74) is 3.00. The summed E-state index contributed by atoms with van der Waals surface area (Å²) < 4.78 is 0. The first-order chi connectivity index (χ1) is 6.88. The first-order valence-corrected chi connectivity index (χ1v) is 6.20. The summed E-state index contributed by atoms with van der Waals surface area (Å²) in [6.07, 6.45) is 2.88. The second-order valence-electron chi connectivity index (χ2n) is 2.82. The summed E-state index contributed by atoms with van der Waals surface area (Å²) in [6.45, 7) is 2.93. The Bertz CT molecular complexity index is 380. The molecule has 3 nitrogen and oxygen atoms in total. The summed E-state index contributed by atoms with van der Waals surface area (Å²) in [6, 6.07) is 0. The maximum absolute atomic E-state index is 4.42. The smallest absolute Gasteiger partial charge is 0.183 e. The number of aromatic nitrogens is 2. The van der Waals surface area contributed by atoms with Crippen LogP contribution in [-0.2, 0) is 13.0 Å². The minimum absolute atomic E-state index is 0.821. The fourth-order valence-electron chi connectivity index (χ4n) is 1.04. The molecule has 1 N–H and O–H groups in total. The maximum Gasteiger partial charge on any atom is 0.183 e. The van der Waals surface area contributed by atoms with E-state index >= 15 is 0 Å². The Labute approximate surface area is 90.9 Å². The van der Waals surface area contributed by atoms with Gasteiger partial charge in [-0.1, -0.05) is 6.92 Å². The van der Waals surface area contributed by atoms with Crippen molar-refractivity contribution in [2.24, 2.45) is 0 Å². The number of aryl methyl sites for hydroxylation is 1. The summed E-state index contributed by atoms with van der Waals surface area (Å²) in [7, 11) is 0. The lowest BCUT2D eigenvalue weighted by molar-refractivity contribution is 1.05. The molecule has 0 radical (unpaired) electrons. The molecule has 5 heteroatoms. The van der Waals surface area contributed by atoms with Crippen LogP contribution in [-0.4, -0.2) is 9.97 Å². The van der Waals surface area contributed by atoms with Crippen LogP contribution in [0.15, 0.2) is 17.1 Å². The van der Waals surface area contributed by atoms with Crippen molar-refractivity contribution in [2.45, 2.75) is 19.9 Å². The van der Waals surface area contributed by atoms with Crippen molar-refractivity contribution in [3.63, 3.8) is 0 Å². The van der Waals surface area contributed by atoms with Gasteiger partial charge in [-0.2, -0.15) is 0 Å². The van der Waals surface area contributed by atoms with Gasteiger partial charge in [0.15, 0.2) is 5.13 Å². The first-order valence-electron chi connectivity index (χ1n) is 4.44. The topological polar surface area (TPSA) is 37.8 Å². The molecular formula is C9H11N3S2. The second kappa shape index (κ2) is 4.52. The Hall–Kier alpha value is -0.940. The van der Waals surface area contributed by atoms with Crippen LogP contribution in [0.25, 0.3) is 0 Å². The van der Waals surface area contributed by atoms with E-state index in [1.54, 1.807) is 22.7 Å². The molecule has 0 spiro atoms. The Morgan fingerprint density at radius 1 is 1.43 bits per heavy atom. The molecule has 2 aromatic rings. The average molecular weight is 225 g/mol. The number of hydrogen-bond donors (Lipinski definition) is 1. The molecular weight excluding hydrogens is 214 g/mol. The molecule has 0 amide bonds. The number of anilines is 1. The molecule has 0 aliphatic carbocycles. The molecule has 0 bridgehead atoms. The molecule has 74 valence electrons. The van der Waals surface area contributed by atoms with Crippen LogP contribution in [0.5, 0.6) is 0 Å². The monoisotopic (exact) mass is 225 g/mol. The summed E-state index contributed by atoms with van der Waals surface area (Å²) in [5.74, 6) is 0. The van der Waals surface area contributed by atoms with Crippen LogP contribution in [0, 0.1) is 0 Å². The van der Waals surface area contributed by atoms with Gasteiger partial charge >= 0.3 is 0 Å². The number of nitrogens with zero attached hydrogens (tertiary/aromatic N) is 2. The van der Waals surface area contributed by atoms with E-state index in [1.807, 2.05) is 11.7 Å². The largest absolute Gasteiger partial charge is 0.357 e. The van der Waals surface area contributed by atoms with Gasteiger partial charge in [0.25, 0.3) is 0 Å². The van der Waals surface area contributed by atoms with Gasteiger partial charge in [-0.25, -0.2) is 4.98 Å². The Balaban J connectivity index is 1.92. The minimum Gasteiger partial charge on any atom is -0.357 e. The standard InChI is InChI=1S/C9H11N3S2/c1-2-7-5-13-9(12-7)11-4-8-3-10-6-14-8/h3,5-6H,2,4H2,1H3,(H,11,12). The molecule has 0 aromatic carbocycles. The third-order valence-corrected chi connectivity index (χ3v) is 3.44. The number of thiazole rings is 2. The molecule has 0 saturated carbocycles. The van der Waals surface area contributed by atoms with Crippen molar-refractivity contribution in [1.29, 1.82) is 0 Å². The average Bonchev–Trinajstić information content (AvgIpc) is 2.86. The zero-order valence-electron chi connectivity index (χ0n) is 7.86.